The number of sulfonamides is 1. The van der Waals surface area contributed by atoms with Crippen LogP contribution in [0.1, 0.15) is 16.6 Å². The molecule has 0 unspecified atom stereocenters. The van der Waals surface area contributed by atoms with E-state index in [4.69, 9.17) is 14.2 Å². The highest BCUT2D eigenvalue weighted by Gasteiger charge is 2.29. The molecule has 0 atom stereocenters. The summed E-state index contributed by atoms with van der Waals surface area (Å²) in [4.78, 5) is 12.3. The molecule has 0 saturated heterocycles. The van der Waals surface area contributed by atoms with Crippen LogP contribution in [-0.2, 0) is 14.8 Å². The minimum atomic E-state index is -4.04. The first kappa shape index (κ1) is 17.6. The molecule has 1 aromatic heterocycles. The molecular weight excluding hydrogens is 390 g/mol. The van der Waals surface area contributed by atoms with E-state index in [0.29, 0.717) is 27.3 Å². The summed E-state index contributed by atoms with van der Waals surface area (Å²) >= 11 is 1.09. The van der Waals surface area contributed by atoms with Crippen molar-refractivity contribution in [3.05, 3.63) is 47.3 Å². The Morgan fingerprint density at radius 3 is 2.78 bits per heavy atom. The number of benzene rings is 2. The Morgan fingerprint density at radius 1 is 1.19 bits per heavy atom. The van der Waals surface area contributed by atoms with Gasteiger partial charge in [0.05, 0.1) is 12.3 Å². The first-order valence-electron chi connectivity index (χ1n) is 8.10. The normalized spacial score (nSPS) is 12.9. The van der Waals surface area contributed by atoms with Gasteiger partial charge in [-0.05, 0) is 25.1 Å². The molecule has 0 fully saturated rings. The first-order chi connectivity index (χ1) is 13.0. The highest BCUT2D eigenvalue weighted by Crippen LogP contribution is 2.38. The average molecular weight is 405 g/mol. The summed E-state index contributed by atoms with van der Waals surface area (Å²) in [6.07, 6.45) is 0. The van der Waals surface area contributed by atoms with E-state index >= 15 is 0 Å². The lowest BCUT2D eigenvalue weighted by Crippen LogP contribution is -2.16. The summed E-state index contributed by atoms with van der Waals surface area (Å²) in [5.41, 5.74) is 0.310. The predicted octanol–water partition coefficient (Wildman–Crippen LogP) is 3.61. The molecule has 27 heavy (non-hydrogen) atoms. The quantitative estimate of drug-likeness (QED) is 0.652. The standard InChI is InChI=1S/C18H15NO6S2/c1-2-23-18(20)16-17(12-5-3-4-6-15(12)26-16)27(21,22)19-11-7-8-13-14(9-11)25-10-24-13/h3-9,19H,2,10H2,1H3. The molecule has 0 aliphatic carbocycles. The molecule has 0 spiro atoms. The third kappa shape index (κ3) is 3.19. The van der Waals surface area contributed by atoms with Gasteiger partial charge in [0.1, 0.15) is 9.77 Å². The Morgan fingerprint density at radius 2 is 1.96 bits per heavy atom. The van der Waals surface area contributed by atoms with Gasteiger partial charge in [0.2, 0.25) is 6.79 Å². The fourth-order valence-corrected chi connectivity index (χ4v) is 5.63. The second-order valence-corrected chi connectivity index (χ2v) is 8.32. The Bertz CT molecular complexity index is 1140. The molecule has 1 aliphatic rings. The van der Waals surface area contributed by atoms with Gasteiger partial charge in [-0.1, -0.05) is 18.2 Å². The number of nitrogens with one attached hydrogen (secondary N) is 1. The van der Waals surface area contributed by atoms with Gasteiger partial charge in [-0.3, -0.25) is 4.72 Å². The van der Waals surface area contributed by atoms with Crippen molar-refractivity contribution < 1.29 is 27.4 Å². The zero-order chi connectivity index (χ0) is 19.0. The predicted molar refractivity (Wildman–Crippen MR) is 101 cm³/mol. The van der Waals surface area contributed by atoms with Gasteiger partial charge in [-0.25, -0.2) is 13.2 Å². The van der Waals surface area contributed by atoms with Crippen molar-refractivity contribution in [3.8, 4) is 11.5 Å². The van der Waals surface area contributed by atoms with E-state index in [1.54, 1.807) is 49.4 Å². The number of rotatable bonds is 5. The maximum Gasteiger partial charge on any atom is 0.349 e. The Hall–Kier alpha value is -2.78. The molecule has 0 bridgehead atoms. The van der Waals surface area contributed by atoms with Crippen LogP contribution in [0.15, 0.2) is 47.4 Å². The number of hydrogen-bond acceptors (Lipinski definition) is 7. The van der Waals surface area contributed by atoms with Crippen LogP contribution < -0.4 is 14.2 Å². The van der Waals surface area contributed by atoms with Gasteiger partial charge in [0.15, 0.2) is 11.5 Å². The third-order valence-corrected chi connectivity index (χ3v) is 6.65. The van der Waals surface area contributed by atoms with E-state index in [-0.39, 0.29) is 23.2 Å². The van der Waals surface area contributed by atoms with E-state index in [0.717, 1.165) is 11.3 Å². The molecule has 9 heteroatoms. The number of ether oxygens (including phenoxy) is 3. The molecule has 0 amide bonds. The van der Waals surface area contributed by atoms with E-state index in [1.165, 1.54) is 0 Å². The van der Waals surface area contributed by atoms with Crippen LogP contribution >= 0.6 is 11.3 Å². The number of carbonyl (C=O) groups is 1. The van der Waals surface area contributed by atoms with Gasteiger partial charge < -0.3 is 14.2 Å². The Kier molecular flexibility index (Phi) is 4.40. The summed E-state index contributed by atoms with van der Waals surface area (Å²) < 4.78 is 45.0. The fraction of sp³-hybridized carbons (Fsp3) is 0.167. The number of fused-ring (bicyclic) bond motifs is 2. The molecule has 2 aromatic carbocycles. The lowest BCUT2D eigenvalue weighted by Gasteiger charge is -2.10. The summed E-state index contributed by atoms with van der Waals surface area (Å²) in [5, 5.41) is 0.471. The zero-order valence-electron chi connectivity index (χ0n) is 14.2. The van der Waals surface area contributed by atoms with Crippen LogP contribution in [0, 0.1) is 0 Å². The minimum absolute atomic E-state index is 0.0475. The highest BCUT2D eigenvalue weighted by molar-refractivity contribution is 7.93. The molecule has 7 nitrogen and oxygen atoms in total. The van der Waals surface area contributed by atoms with Crippen molar-refractivity contribution in [2.24, 2.45) is 0 Å². The third-order valence-electron chi connectivity index (χ3n) is 3.90. The van der Waals surface area contributed by atoms with Gasteiger partial charge in [0, 0.05) is 16.2 Å². The van der Waals surface area contributed by atoms with Crippen molar-refractivity contribution in [1.82, 2.24) is 0 Å². The fourth-order valence-electron chi connectivity index (χ4n) is 2.79. The summed E-state index contributed by atoms with van der Waals surface area (Å²) in [7, 11) is -4.04. The molecule has 4 rings (SSSR count). The monoisotopic (exact) mass is 405 g/mol. The lowest BCUT2D eigenvalue weighted by molar-refractivity contribution is 0.0528. The summed E-state index contributed by atoms with van der Waals surface area (Å²) in [6.45, 7) is 1.92. The smallest absolute Gasteiger partial charge is 0.349 e. The molecule has 1 aliphatic heterocycles. The van der Waals surface area contributed by atoms with Crippen LogP contribution in [0.5, 0.6) is 11.5 Å². The van der Waals surface area contributed by atoms with E-state index < -0.39 is 16.0 Å². The van der Waals surface area contributed by atoms with Crippen LogP contribution in [0.2, 0.25) is 0 Å². The second kappa shape index (κ2) is 6.75. The van der Waals surface area contributed by atoms with E-state index in [2.05, 4.69) is 4.72 Å². The number of hydrogen-bond donors (Lipinski definition) is 1. The molecule has 0 saturated carbocycles. The van der Waals surface area contributed by atoms with Crippen molar-refractivity contribution in [3.63, 3.8) is 0 Å². The maximum absolute atomic E-state index is 13.1. The molecule has 1 N–H and O–H groups in total. The van der Waals surface area contributed by atoms with Gasteiger partial charge in [-0.15, -0.1) is 11.3 Å². The van der Waals surface area contributed by atoms with Crippen LogP contribution in [-0.4, -0.2) is 27.8 Å². The number of carbonyl (C=O) groups excluding carboxylic acids is 1. The molecule has 140 valence electrons. The average Bonchev–Trinajstić information content (AvgIpc) is 3.25. The first-order valence-corrected chi connectivity index (χ1v) is 10.4. The van der Waals surface area contributed by atoms with Crippen molar-refractivity contribution in [2.45, 2.75) is 11.8 Å². The number of thiophene rings is 1. The molecule has 2 heterocycles. The van der Waals surface area contributed by atoms with Gasteiger partial charge in [0.25, 0.3) is 10.0 Å². The highest BCUT2D eigenvalue weighted by atomic mass is 32.2. The van der Waals surface area contributed by atoms with Crippen molar-refractivity contribution >= 4 is 43.1 Å². The largest absolute Gasteiger partial charge is 0.462 e. The van der Waals surface area contributed by atoms with Crippen LogP contribution in [0.25, 0.3) is 10.1 Å². The van der Waals surface area contributed by atoms with Crippen molar-refractivity contribution in [1.29, 1.82) is 0 Å². The summed E-state index contributed by atoms with van der Waals surface area (Å²) in [6, 6.07) is 11.7. The molecule has 0 radical (unpaired) electrons. The van der Waals surface area contributed by atoms with Gasteiger partial charge in [-0.2, -0.15) is 0 Å². The second-order valence-electron chi connectivity index (χ2n) is 5.65. The van der Waals surface area contributed by atoms with Crippen molar-refractivity contribution in [2.75, 3.05) is 18.1 Å². The summed E-state index contributed by atoms with van der Waals surface area (Å²) in [5.74, 6) is 0.340. The minimum Gasteiger partial charge on any atom is -0.462 e. The van der Waals surface area contributed by atoms with Gasteiger partial charge >= 0.3 is 5.97 Å². The zero-order valence-corrected chi connectivity index (χ0v) is 15.9. The molecule has 3 aromatic rings. The Balaban J connectivity index is 1.80. The number of anilines is 1. The lowest BCUT2D eigenvalue weighted by atomic mass is 10.2. The van der Waals surface area contributed by atoms with Crippen LogP contribution in [0.3, 0.4) is 0 Å². The number of esters is 1. The van der Waals surface area contributed by atoms with E-state index in [1.807, 2.05) is 0 Å². The van der Waals surface area contributed by atoms with Crippen LogP contribution in [0.4, 0.5) is 5.69 Å². The maximum atomic E-state index is 13.1. The SMILES string of the molecule is CCOC(=O)c1sc2ccccc2c1S(=O)(=O)Nc1ccc2c(c1)OCO2. The topological polar surface area (TPSA) is 90.9 Å². The molecular formula is C18H15NO6S2. The Labute approximate surface area is 159 Å². The van der Waals surface area contributed by atoms with E-state index in [9.17, 15) is 13.2 Å².